The summed E-state index contributed by atoms with van der Waals surface area (Å²) in [5.74, 6) is -0.847. The van der Waals surface area contributed by atoms with Crippen LogP contribution in [0.4, 0.5) is 0 Å². The number of hydrogen-bond acceptors (Lipinski definition) is 3. The predicted octanol–water partition coefficient (Wildman–Crippen LogP) is 1.76. The van der Waals surface area contributed by atoms with Crippen molar-refractivity contribution in [2.24, 2.45) is 10.8 Å². The maximum absolute atomic E-state index is 11.1. The summed E-state index contributed by atoms with van der Waals surface area (Å²) in [6.45, 7) is 6.89. The van der Waals surface area contributed by atoms with E-state index < -0.39 is 22.8 Å². The first-order valence-corrected chi connectivity index (χ1v) is 3.57. The van der Waals surface area contributed by atoms with Crippen LogP contribution in [0.5, 0.6) is 0 Å². The molecule has 0 bridgehead atoms. The zero-order valence-corrected chi connectivity index (χ0v) is 7.22. The summed E-state index contributed by atoms with van der Waals surface area (Å²) in [7, 11) is 0. The highest BCUT2D eigenvalue weighted by atomic mass is 16.6. The van der Waals surface area contributed by atoms with Gasteiger partial charge in [-0.15, -0.1) is 0 Å². The van der Waals surface area contributed by atoms with E-state index >= 15 is 0 Å². The lowest BCUT2D eigenvalue weighted by Crippen LogP contribution is -2.35. The maximum Gasteiger partial charge on any atom is 0.320 e. The van der Waals surface area contributed by atoms with Crippen LogP contribution in [0.3, 0.4) is 0 Å². The molecule has 70 valence electrons. The van der Waals surface area contributed by atoms with Crippen LogP contribution in [0.1, 0.15) is 35.1 Å². The highest BCUT2D eigenvalue weighted by molar-refractivity contribution is 6.00. The molecule has 3 heteroatoms. The normalized spacial score (nSPS) is 24.7. The standard InChI is InChI=1S/C8H12O3.CH4/c1-7(2)5(9)11-6(10)8(7,3)4;/h1-4H3;1H4. The highest BCUT2D eigenvalue weighted by Crippen LogP contribution is 2.45. The van der Waals surface area contributed by atoms with E-state index in [4.69, 9.17) is 0 Å². The third-order valence-electron chi connectivity index (χ3n) is 2.77. The summed E-state index contributed by atoms with van der Waals surface area (Å²) >= 11 is 0. The molecule has 3 nitrogen and oxygen atoms in total. The summed E-state index contributed by atoms with van der Waals surface area (Å²) in [5.41, 5.74) is -1.38. The van der Waals surface area contributed by atoms with Crippen molar-refractivity contribution < 1.29 is 14.3 Å². The van der Waals surface area contributed by atoms with Gasteiger partial charge in [0.1, 0.15) is 0 Å². The summed E-state index contributed by atoms with van der Waals surface area (Å²) in [6, 6.07) is 0. The Hall–Kier alpha value is -0.860. The van der Waals surface area contributed by atoms with Crippen LogP contribution in [0, 0.1) is 10.8 Å². The molecule has 0 amide bonds. The van der Waals surface area contributed by atoms with Gasteiger partial charge in [-0.1, -0.05) is 7.43 Å². The lowest BCUT2D eigenvalue weighted by atomic mass is 9.70. The summed E-state index contributed by atoms with van der Waals surface area (Å²) in [4.78, 5) is 22.2. The molecule has 0 aromatic carbocycles. The first kappa shape index (κ1) is 11.1. The Bertz CT molecular complexity index is 202. The summed E-state index contributed by atoms with van der Waals surface area (Å²) < 4.78 is 4.51. The van der Waals surface area contributed by atoms with Gasteiger partial charge < -0.3 is 4.74 Å². The van der Waals surface area contributed by atoms with Crippen molar-refractivity contribution in [3.63, 3.8) is 0 Å². The monoisotopic (exact) mass is 172 g/mol. The van der Waals surface area contributed by atoms with Crippen molar-refractivity contribution in [1.82, 2.24) is 0 Å². The third-order valence-corrected chi connectivity index (χ3v) is 2.77. The van der Waals surface area contributed by atoms with Crippen LogP contribution in [0.2, 0.25) is 0 Å². The van der Waals surface area contributed by atoms with Gasteiger partial charge >= 0.3 is 11.9 Å². The number of hydrogen-bond donors (Lipinski definition) is 0. The molecule has 0 aliphatic carbocycles. The van der Waals surface area contributed by atoms with Crippen molar-refractivity contribution in [3.05, 3.63) is 0 Å². The minimum atomic E-state index is -0.690. The van der Waals surface area contributed by atoms with E-state index in [-0.39, 0.29) is 7.43 Å². The molecule has 0 saturated carbocycles. The second kappa shape index (κ2) is 2.57. The van der Waals surface area contributed by atoms with Gasteiger partial charge in [0.2, 0.25) is 0 Å². The Balaban J connectivity index is 0.00000121. The molecule has 0 atom stereocenters. The molecule has 0 radical (unpaired) electrons. The first-order valence-electron chi connectivity index (χ1n) is 3.57. The Morgan fingerprint density at radius 3 is 1.25 bits per heavy atom. The van der Waals surface area contributed by atoms with E-state index in [9.17, 15) is 9.59 Å². The third kappa shape index (κ3) is 1.04. The molecule has 0 spiro atoms. The van der Waals surface area contributed by atoms with Crippen LogP contribution in [-0.4, -0.2) is 11.9 Å². The zero-order valence-electron chi connectivity index (χ0n) is 7.22. The molecule has 1 fully saturated rings. The molecular weight excluding hydrogens is 156 g/mol. The lowest BCUT2D eigenvalue weighted by Gasteiger charge is -2.26. The summed E-state index contributed by atoms with van der Waals surface area (Å²) in [6.07, 6.45) is 0. The number of ether oxygens (including phenoxy) is 1. The fourth-order valence-corrected chi connectivity index (χ4v) is 0.850. The molecule has 1 aliphatic heterocycles. The predicted molar refractivity (Wildman–Crippen MR) is 45.4 cm³/mol. The van der Waals surface area contributed by atoms with E-state index in [1.807, 2.05) is 0 Å². The Kier molecular flexibility index (Phi) is 2.39. The Labute approximate surface area is 73.1 Å². The number of carbonyl (C=O) groups excluding carboxylic acids is 2. The van der Waals surface area contributed by atoms with Crippen molar-refractivity contribution in [1.29, 1.82) is 0 Å². The minimum Gasteiger partial charge on any atom is -0.392 e. The minimum absolute atomic E-state index is 0. The first-order chi connectivity index (χ1) is 4.80. The quantitative estimate of drug-likeness (QED) is 0.413. The molecule has 1 saturated heterocycles. The van der Waals surface area contributed by atoms with Crippen LogP contribution < -0.4 is 0 Å². The number of esters is 2. The largest absolute Gasteiger partial charge is 0.392 e. The maximum atomic E-state index is 11.1. The number of carbonyl (C=O) groups is 2. The van der Waals surface area contributed by atoms with Crippen LogP contribution >= 0.6 is 0 Å². The fraction of sp³-hybridized carbons (Fsp3) is 0.778. The number of cyclic esters (lactones) is 2. The van der Waals surface area contributed by atoms with E-state index in [0.717, 1.165) is 0 Å². The average Bonchev–Trinajstić information content (AvgIpc) is 1.95. The van der Waals surface area contributed by atoms with Gasteiger partial charge in [-0.25, -0.2) is 0 Å². The van der Waals surface area contributed by atoms with E-state index in [1.54, 1.807) is 27.7 Å². The van der Waals surface area contributed by atoms with E-state index in [2.05, 4.69) is 4.74 Å². The lowest BCUT2D eigenvalue weighted by molar-refractivity contribution is -0.155. The van der Waals surface area contributed by atoms with Crippen LogP contribution in [0.25, 0.3) is 0 Å². The topological polar surface area (TPSA) is 43.4 Å². The molecule has 0 aromatic heterocycles. The van der Waals surface area contributed by atoms with Gasteiger partial charge in [-0.3, -0.25) is 9.59 Å². The molecule has 0 N–H and O–H groups in total. The van der Waals surface area contributed by atoms with Crippen molar-refractivity contribution in [2.75, 3.05) is 0 Å². The molecule has 1 aliphatic rings. The van der Waals surface area contributed by atoms with Gasteiger partial charge in [0, 0.05) is 0 Å². The van der Waals surface area contributed by atoms with Gasteiger partial charge in [0.25, 0.3) is 0 Å². The van der Waals surface area contributed by atoms with Crippen molar-refractivity contribution in [3.8, 4) is 0 Å². The Morgan fingerprint density at radius 1 is 0.917 bits per heavy atom. The average molecular weight is 172 g/mol. The van der Waals surface area contributed by atoms with Crippen molar-refractivity contribution >= 4 is 11.9 Å². The van der Waals surface area contributed by atoms with E-state index in [1.165, 1.54) is 0 Å². The van der Waals surface area contributed by atoms with Gasteiger partial charge in [-0.2, -0.15) is 0 Å². The second-order valence-corrected chi connectivity index (χ2v) is 3.93. The molecule has 0 unspecified atom stereocenters. The van der Waals surface area contributed by atoms with Gasteiger partial charge in [0.15, 0.2) is 0 Å². The molecule has 1 heterocycles. The van der Waals surface area contributed by atoms with Crippen LogP contribution in [0.15, 0.2) is 0 Å². The Morgan fingerprint density at radius 2 is 1.17 bits per heavy atom. The molecule has 0 aromatic rings. The van der Waals surface area contributed by atoms with Crippen molar-refractivity contribution in [2.45, 2.75) is 35.1 Å². The summed E-state index contributed by atoms with van der Waals surface area (Å²) in [5, 5.41) is 0. The van der Waals surface area contributed by atoms with Gasteiger partial charge in [-0.05, 0) is 27.7 Å². The smallest absolute Gasteiger partial charge is 0.320 e. The van der Waals surface area contributed by atoms with E-state index in [0.29, 0.717) is 0 Å². The highest BCUT2D eigenvalue weighted by Gasteiger charge is 2.57. The molecular formula is C9H16O3. The number of rotatable bonds is 0. The fourth-order valence-electron chi connectivity index (χ4n) is 0.850. The van der Waals surface area contributed by atoms with Gasteiger partial charge in [0.05, 0.1) is 10.8 Å². The second-order valence-electron chi connectivity index (χ2n) is 3.93. The SMILES string of the molecule is C.CC1(C)C(=O)OC(=O)C1(C)C. The van der Waals surface area contributed by atoms with Crippen LogP contribution in [-0.2, 0) is 14.3 Å². The molecule has 1 rings (SSSR count). The zero-order chi connectivity index (χ0) is 8.86. The molecule has 12 heavy (non-hydrogen) atoms.